The Hall–Kier alpha value is -0.800. The number of nitrogens with one attached hydrogen (secondary N) is 1. The number of hydrogen-bond acceptors (Lipinski definition) is 2. The van der Waals surface area contributed by atoms with E-state index in [2.05, 4.69) is 5.32 Å². The summed E-state index contributed by atoms with van der Waals surface area (Å²) >= 11 is 0. The third-order valence-corrected chi connectivity index (χ3v) is 2.37. The molecule has 14 heavy (non-hydrogen) atoms. The average molecular weight is 218 g/mol. The van der Waals surface area contributed by atoms with E-state index in [1.807, 2.05) is 0 Å². The summed E-state index contributed by atoms with van der Waals surface area (Å²) in [6.45, 7) is 0.974. The van der Waals surface area contributed by atoms with Gasteiger partial charge < -0.3 is 10.4 Å². The molecule has 78 valence electrons. The molecule has 4 heteroatoms. The zero-order valence-electron chi connectivity index (χ0n) is 7.66. The minimum Gasteiger partial charge on any atom is -0.508 e. The van der Waals surface area contributed by atoms with Crippen molar-refractivity contribution in [3.8, 4) is 5.75 Å². The van der Waals surface area contributed by atoms with Crippen molar-refractivity contribution in [1.29, 1.82) is 0 Å². The lowest BCUT2D eigenvalue weighted by molar-refractivity contribution is 0.466. The van der Waals surface area contributed by atoms with Crippen LogP contribution in [0.15, 0.2) is 18.2 Å². The predicted octanol–water partition coefficient (Wildman–Crippen LogP) is 2.38. The summed E-state index contributed by atoms with van der Waals surface area (Å²) in [5.41, 5.74) is 0.843. The molecule has 1 atom stereocenters. The maximum absolute atomic E-state index is 12.9. The van der Waals surface area contributed by atoms with E-state index in [0.29, 0.717) is 0 Å². The minimum absolute atomic E-state index is 0. The fourth-order valence-corrected chi connectivity index (χ4v) is 1.77. The Morgan fingerprint density at radius 1 is 1.36 bits per heavy atom. The van der Waals surface area contributed by atoms with Gasteiger partial charge in [0.2, 0.25) is 0 Å². The maximum Gasteiger partial charge on any atom is 0.127 e. The SMILES string of the molecule is Cl.Oc1cc(F)cc([C@H]2CCCN2)c1. The normalized spacial score (nSPS) is 20.5. The van der Waals surface area contributed by atoms with Gasteiger partial charge in [-0.25, -0.2) is 4.39 Å². The Bertz CT molecular complexity index is 293. The molecule has 1 fully saturated rings. The lowest BCUT2D eigenvalue weighted by atomic mass is 10.1. The molecule has 1 saturated heterocycles. The van der Waals surface area contributed by atoms with Crippen LogP contribution in [0.1, 0.15) is 24.4 Å². The standard InChI is InChI=1S/C10H12FNO.ClH/c11-8-4-7(5-9(13)6-8)10-2-1-3-12-10;/h4-6,10,12-13H,1-3H2;1H/t10-;/m1./s1. The fraction of sp³-hybridized carbons (Fsp3) is 0.400. The molecule has 0 saturated carbocycles. The predicted molar refractivity (Wildman–Crippen MR) is 55.3 cm³/mol. The monoisotopic (exact) mass is 217 g/mol. The van der Waals surface area contributed by atoms with Gasteiger partial charge in [-0.05, 0) is 37.1 Å². The highest BCUT2D eigenvalue weighted by atomic mass is 35.5. The van der Waals surface area contributed by atoms with Crippen molar-refractivity contribution in [1.82, 2.24) is 5.32 Å². The van der Waals surface area contributed by atoms with Gasteiger partial charge in [-0.3, -0.25) is 0 Å². The number of hydrogen-bond donors (Lipinski definition) is 2. The highest BCUT2D eigenvalue weighted by Gasteiger charge is 2.16. The van der Waals surface area contributed by atoms with Gasteiger partial charge in [-0.1, -0.05) is 0 Å². The van der Waals surface area contributed by atoms with Crippen LogP contribution >= 0.6 is 12.4 Å². The first kappa shape index (κ1) is 11.3. The van der Waals surface area contributed by atoms with Gasteiger partial charge in [0.05, 0.1) is 0 Å². The second-order valence-corrected chi connectivity index (χ2v) is 3.39. The molecule has 1 aliphatic heterocycles. The second kappa shape index (κ2) is 4.62. The van der Waals surface area contributed by atoms with Crippen LogP contribution in [0.5, 0.6) is 5.75 Å². The van der Waals surface area contributed by atoms with E-state index in [9.17, 15) is 9.50 Å². The van der Waals surface area contributed by atoms with Crippen molar-refractivity contribution in [2.75, 3.05) is 6.54 Å². The summed E-state index contributed by atoms with van der Waals surface area (Å²) < 4.78 is 12.9. The smallest absolute Gasteiger partial charge is 0.127 e. The molecule has 0 amide bonds. The first-order valence-corrected chi connectivity index (χ1v) is 4.48. The van der Waals surface area contributed by atoms with Crippen molar-refractivity contribution in [3.63, 3.8) is 0 Å². The average Bonchev–Trinajstić information content (AvgIpc) is 2.53. The molecule has 1 aromatic carbocycles. The summed E-state index contributed by atoms with van der Waals surface area (Å²) in [7, 11) is 0. The Morgan fingerprint density at radius 2 is 2.14 bits per heavy atom. The molecule has 2 rings (SSSR count). The largest absolute Gasteiger partial charge is 0.508 e. The Labute approximate surface area is 88.5 Å². The van der Waals surface area contributed by atoms with Crippen molar-refractivity contribution in [3.05, 3.63) is 29.6 Å². The highest BCUT2D eigenvalue weighted by Crippen LogP contribution is 2.26. The number of aromatic hydroxyl groups is 1. The van der Waals surface area contributed by atoms with Crippen LogP contribution < -0.4 is 5.32 Å². The van der Waals surface area contributed by atoms with Crippen LogP contribution in [0.3, 0.4) is 0 Å². The fourth-order valence-electron chi connectivity index (χ4n) is 1.77. The zero-order chi connectivity index (χ0) is 9.26. The van der Waals surface area contributed by atoms with Crippen molar-refractivity contribution in [2.24, 2.45) is 0 Å². The highest BCUT2D eigenvalue weighted by molar-refractivity contribution is 5.85. The maximum atomic E-state index is 12.9. The van der Waals surface area contributed by atoms with Gasteiger partial charge in [-0.15, -0.1) is 12.4 Å². The van der Waals surface area contributed by atoms with E-state index in [-0.39, 0.29) is 30.0 Å². The Balaban J connectivity index is 0.000000980. The molecule has 1 heterocycles. The van der Waals surface area contributed by atoms with Gasteiger partial charge in [0.25, 0.3) is 0 Å². The van der Waals surface area contributed by atoms with E-state index in [1.165, 1.54) is 6.07 Å². The number of benzene rings is 1. The minimum atomic E-state index is -0.372. The van der Waals surface area contributed by atoms with E-state index in [4.69, 9.17) is 0 Å². The van der Waals surface area contributed by atoms with Crippen LogP contribution in [-0.4, -0.2) is 11.7 Å². The summed E-state index contributed by atoms with van der Waals surface area (Å²) in [5.74, 6) is -0.368. The first-order valence-electron chi connectivity index (χ1n) is 4.48. The van der Waals surface area contributed by atoms with E-state index >= 15 is 0 Å². The molecule has 1 aliphatic rings. The number of phenolic OH excluding ortho intramolecular Hbond substituents is 1. The van der Waals surface area contributed by atoms with Gasteiger partial charge >= 0.3 is 0 Å². The molecule has 0 aliphatic carbocycles. The summed E-state index contributed by atoms with van der Waals surface area (Å²) in [5, 5.41) is 12.4. The molecule has 2 N–H and O–H groups in total. The number of halogens is 2. The zero-order valence-corrected chi connectivity index (χ0v) is 8.48. The third kappa shape index (κ3) is 2.36. The van der Waals surface area contributed by atoms with Gasteiger partial charge in [0.1, 0.15) is 11.6 Å². The Kier molecular flexibility index (Phi) is 3.72. The summed E-state index contributed by atoms with van der Waals surface area (Å²) in [6, 6.07) is 4.43. The van der Waals surface area contributed by atoms with Gasteiger partial charge in [0, 0.05) is 12.1 Å². The molecular weight excluding hydrogens is 205 g/mol. The first-order chi connectivity index (χ1) is 6.25. The van der Waals surface area contributed by atoms with Crippen molar-refractivity contribution >= 4 is 12.4 Å². The summed E-state index contributed by atoms with van der Waals surface area (Å²) in [4.78, 5) is 0. The van der Waals surface area contributed by atoms with Crippen LogP contribution in [0.2, 0.25) is 0 Å². The second-order valence-electron chi connectivity index (χ2n) is 3.39. The molecule has 0 aromatic heterocycles. The van der Waals surface area contributed by atoms with E-state index in [0.717, 1.165) is 31.0 Å². The number of phenols is 1. The molecule has 0 radical (unpaired) electrons. The van der Waals surface area contributed by atoms with E-state index < -0.39 is 0 Å². The van der Waals surface area contributed by atoms with Crippen molar-refractivity contribution in [2.45, 2.75) is 18.9 Å². The molecule has 0 spiro atoms. The van der Waals surface area contributed by atoms with Gasteiger partial charge in [-0.2, -0.15) is 0 Å². The molecule has 0 bridgehead atoms. The molecule has 0 unspecified atom stereocenters. The van der Waals surface area contributed by atoms with Crippen LogP contribution in [-0.2, 0) is 0 Å². The lowest BCUT2D eigenvalue weighted by Gasteiger charge is -2.10. The topological polar surface area (TPSA) is 32.3 Å². The molecule has 2 nitrogen and oxygen atoms in total. The third-order valence-electron chi connectivity index (χ3n) is 2.37. The quantitative estimate of drug-likeness (QED) is 0.757. The summed E-state index contributed by atoms with van der Waals surface area (Å²) in [6.07, 6.45) is 2.13. The van der Waals surface area contributed by atoms with Gasteiger partial charge in [0.15, 0.2) is 0 Å². The molecular formula is C10H13ClFNO. The van der Waals surface area contributed by atoms with Crippen molar-refractivity contribution < 1.29 is 9.50 Å². The Morgan fingerprint density at radius 3 is 2.71 bits per heavy atom. The van der Waals surface area contributed by atoms with Crippen LogP contribution in [0.4, 0.5) is 4.39 Å². The van der Waals surface area contributed by atoms with Crippen LogP contribution in [0.25, 0.3) is 0 Å². The van der Waals surface area contributed by atoms with E-state index in [1.54, 1.807) is 6.07 Å². The molecule has 1 aromatic rings. The number of rotatable bonds is 1. The lowest BCUT2D eigenvalue weighted by Crippen LogP contribution is -2.12. The van der Waals surface area contributed by atoms with Crippen LogP contribution in [0, 0.1) is 5.82 Å².